The summed E-state index contributed by atoms with van der Waals surface area (Å²) < 4.78 is 0. The van der Waals surface area contributed by atoms with E-state index in [1.54, 1.807) is 0 Å². The zero-order chi connectivity index (χ0) is 12.6. The van der Waals surface area contributed by atoms with Crippen molar-refractivity contribution in [3.63, 3.8) is 0 Å². The van der Waals surface area contributed by atoms with Gasteiger partial charge in [-0.15, -0.1) is 12.3 Å². The molecule has 17 heavy (non-hydrogen) atoms. The first-order chi connectivity index (χ1) is 8.41. The van der Waals surface area contributed by atoms with E-state index in [2.05, 4.69) is 37.1 Å². The molecule has 0 aromatic rings. The lowest BCUT2D eigenvalue weighted by Crippen LogP contribution is -1.74. The molecular formula is C17H28. The highest BCUT2D eigenvalue weighted by Crippen LogP contribution is 2.04. The van der Waals surface area contributed by atoms with Crippen LogP contribution in [0, 0.1) is 12.3 Å². The van der Waals surface area contributed by atoms with Gasteiger partial charge in [-0.2, -0.15) is 0 Å². The first-order valence-corrected chi connectivity index (χ1v) is 7.15. The molecule has 0 amide bonds. The van der Waals surface area contributed by atoms with Crippen LogP contribution in [-0.2, 0) is 0 Å². The number of rotatable bonds is 11. The Balaban J connectivity index is 3.16. The van der Waals surface area contributed by atoms with Crippen molar-refractivity contribution in [2.24, 2.45) is 0 Å². The van der Waals surface area contributed by atoms with Gasteiger partial charge < -0.3 is 0 Å². The molecule has 0 atom stereocenters. The van der Waals surface area contributed by atoms with E-state index < -0.39 is 0 Å². The van der Waals surface area contributed by atoms with Crippen LogP contribution in [0.4, 0.5) is 0 Å². The Morgan fingerprint density at radius 1 is 0.824 bits per heavy atom. The minimum Gasteiger partial charge on any atom is -0.120 e. The Morgan fingerprint density at radius 3 is 2.06 bits per heavy atom. The van der Waals surface area contributed by atoms with Crippen molar-refractivity contribution >= 4 is 0 Å². The number of unbranched alkanes of at least 4 members (excludes halogenated alkanes) is 7. The van der Waals surface area contributed by atoms with E-state index in [1.165, 1.54) is 51.4 Å². The van der Waals surface area contributed by atoms with Gasteiger partial charge in [-0.1, -0.05) is 50.5 Å². The fourth-order valence-corrected chi connectivity index (χ4v) is 1.68. The van der Waals surface area contributed by atoms with Gasteiger partial charge in [0.15, 0.2) is 0 Å². The maximum atomic E-state index is 5.20. The van der Waals surface area contributed by atoms with Crippen molar-refractivity contribution in [3.05, 3.63) is 24.3 Å². The van der Waals surface area contributed by atoms with Crippen LogP contribution in [-0.4, -0.2) is 0 Å². The normalized spacial score (nSPS) is 11.3. The molecular weight excluding hydrogens is 204 g/mol. The smallest absolute Gasteiger partial charge is 0.00860 e. The molecule has 0 saturated heterocycles. The summed E-state index contributed by atoms with van der Waals surface area (Å²) in [5.41, 5.74) is 0. The Hall–Kier alpha value is -0.960. The lowest BCUT2D eigenvalue weighted by Gasteiger charge is -1.93. The van der Waals surface area contributed by atoms with Crippen LogP contribution in [0.3, 0.4) is 0 Å². The highest BCUT2D eigenvalue weighted by atomic mass is 13.9. The third-order valence-corrected chi connectivity index (χ3v) is 2.77. The lowest BCUT2D eigenvalue weighted by atomic mass is 10.1. The molecule has 0 aromatic heterocycles. The summed E-state index contributed by atoms with van der Waals surface area (Å²) in [7, 11) is 0. The summed E-state index contributed by atoms with van der Waals surface area (Å²) in [6.07, 6.45) is 26.6. The molecule has 0 radical (unpaired) electrons. The Kier molecular flexibility index (Phi) is 14.2. The van der Waals surface area contributed by atoms with Crippen LogP contribution in [0.25, 0.3) is 0 Å². The zero-order valence-electron chi connectivity index (χ0n) is 11.5. The standard InChI is InChI=1S/C17H28/c1-3-5-7-9-11-13-15-17-16-14-12-10-8-6-4-2/h1,12,14-15,17H,4-11,13,16H2,2H3/b14-12+,17-15+. The second-order valence-corrected chi connectivity index (χ2v) is 4.48. The first-order valence-electron chi connectivity index (χ1n) is 7.15. The SMILES string of the molecule is C#CCCCCC/C=C/C/C=C/CCCCC. The summed E-state index contributed by atoms with van der Waals surface area (Å²) in [5, 5.41) is 0. The number of hydrogen-bond donors (Lipinski definition) is 0. The zero-order valence-corrected chi connectivity index (χ0v) is 11.5. The van der Waals surface area contributed by atoms with E-state index in [0.29, 0.717) is 0 Å². The predicted molar refractivity (Wildman–Crippen MR) is 79.0 cm³/mol. The fourth-order valence-electron chi connectivity index (χ4n) is 1.68. The van der Waals surface area contributed by atoms with Crippen molar-refractivity contribution in [1.29, 1.82) is 0 Å². The lowest BCUT2D eigenvalue weighted by molar-refractivity contribution is 0.702. The van der Waals surface area contributed by atoms with Crippen LogP contribution < -0.4 is 0 Å². The van der Waals surface area contributed by atoms with Crippen LogP contribution in [0.2, 0.25) is 0 Å². The molecule has 0 N–H and O–H groups in total. The van der Waals surface area contributed by atoms with Gasteiger partial charge in [0.1, 0.15) is 0 Å². The van der Waals surface area contributed by atoms with Crippen molar-refractivity contribution in [2.75, 3.05) is 0 Å². The summed E-state index contributed by atoms with van der Waals surface area (Å²) in [4.78, 5) is 0. The number of allylic oxidation sites excluding steroid dienone is 4. The van der Waals surface area contributed by atoms with Gasteiger partial charge in [0.05, 0.1) is 0 Å². The summed E-state index contributed by atoms with van der Waals surface area (Å²) in [6.45, 7) is 2.25. The van der Waals surface area contributed by atoms with Gasteiger partial charge in [-0.3, -0.25) is 0 Å². The van der Waals surface area contributed by atoms with Crippen LogP contribution in [0.1, 0.15) is 71.1 Å². The monoisotopic (exact) mass is 232 g/mol. The van der Waals surface area contributed by atoms with E-state index >= 15 is 0 Å². The van der Waals surface area contributed by atoms with Gasteiger partial charge >= 0.3 is 0 Å². The molecule has 0 unspecified atom stereocenters. The molecule has 0 spiro atoms. The average Bonchev–Trinajstić information content (AvgIpc) is 2.35. The van der Waals surface area contributed by atoms with E-state index in [1.807, 2.05) is 0 Å². The van der Waals surface area contributed by atoms with Crippen molar-refractivity contribution in [1.82, 2.24) is 0 Å². The third-order valence-electron chi connectivity index (χ3n) is 2.77. The highest BCUT2D eigenvalue weighted by molar-refractivity contribution is 4.92. The maximum absolute atomic E-state index is 5.20. The highest BCUT2D eigenvalue weighted by Gasteiger charge is 1.85. The molecule has 0 heteroatoms. The first kappa shape index (κ1) is 16.0. The van der Waals surface area contributed by atoms with Gasteiger partial charge in [-0.05, 0) is 38.5 Å². The van der Waals surface area contributed by atoms with Crippen LogP contribution >= 0.6 is 0 Å². The molecule has 0 rings (SSSR count). The van der Waals surface area contributed by atoms with Crippen LogP contribution in [0.15, 0.2) is 24.3 Å². The van der Waals surface area contributed by atoms with Gasteiger partial charge in [0, 0.05) is 6.42 Å². The number of hydrogen-bond acceptors (Lipinski definition) is 0. The van der Waals surface area contributed by atoms with Crippen LogP contribution in [0.5, 0.6) is 0 Å². The molecule has 0 heterocycles. The molecule has 96 valence electrons. The molecule has 0 aliphatic heterocycles. The largest absolute Gasteiger partial charge is 0.120 e. The van der Waals surface area contributed by atoms with E-state index in [9.17, 15) is 0 Å². The maximum Gasteiger partial charge on any atom is 0.00860 e. The number of terminal acetylenes is 1. The molecule has 0 fully saturated rings. The second kappa shape index (κ2) is 15.0. The summed E-state index contributed by atoms with van der Waals surface area (Å²) in [6, 6.07) is 0. The fraction of sp³-hybridized carbons (Fsp3) is 0.647. The van der Waals surface area contributed by atoms with Crippen molar-refractivity contribution < 1.29 is 0 Å². The quantitative estimate of drug-likeness (QED) is 0.245. The molecule has 0 aliphatic rings. The Labute approximate surface area is 108 Å². The third kappa shape index (κ3) is 15.0. The average molecular weight is 232 g/mol. The van der Waals surface area contributed by atoms with Crippen molar-refractivity contribution in [2.45, 2.75) is 71.1 Å². The molecule has 0 saturated carbocycles. The summed E-state index contributed by atoms with van der Waals surface area (Å²) >= 11 is 0. The molecule has 0 aromatic carbocycles. The molecule has 0 aliphatic carbocycles. The summed E-state index contributed by atoms with van der Waals surface area (Å²) in [5.74, 6) is 2.68. The molecule has 0 bridgehead atoms. The van der Waals surface area contributed by atoms with Gasteiger partial charge in [0.25, 0.3) is 0 Å². The Bertz CT molecular complexity index is 227. The predicted octanol–water partition coefficient (Wildman–Crippen LogP) is 5.65. The van der Waals surface area contributed by atoms with E-state index in [4.69, 9.17) is 6.42 Å². The topological polar surface area (TPSA) is 0 Å². The Morgan fingerprint density at radius 2 is 1.47 bits per heavy atom. The molecule has 0 nitrogen and oxygen atoms in total. The van der Waals surface area contributed by atoms with Crippen molar-refractivity contribution in [3.8, 4) is 12.3 Å². The van der Waals surface area contributed by atoms with Gasteiger partial charge in [0.2, 0.25) is 0 Å². The second-order valence-electron chi connectivity index (χ2n) is 4.48. The minimum atomic E-state index is 0.935. The van der Waals surface area contributed by atoms with E-state index in [-0.39, 0.29) is 0 Å². The van der Waals surface area contributed by atoms with Gasteiger partial charge in [-0.25, -0.2) is 0 Å². The van der Waals surface area contributed by atoms with E-state index in [0.717, 1.165) is 12.8 Å². The minimum absolute atomic E-state index is 0.935.